The standard InChI is InChI=1S/C14H11N3O4S/c1-8-7-22-14(16-8)10(6-15)3-9-4-11(17(19)20)13(18)12(5-9)21-2/h3-5,7,18H,1-2H3/b10-3+. The molecule has 0 spiro atoms. The second-order valence-electron chi connectivity index (χ2n) is 4.31. The van der Waals surface area contributed by atoms with Crippen LogP contribution in [0.4, 0.5) is 5.69 Å². The lowest BCUT2D eigenvalue weighted by Gasteiger charge is -2.05. The maximum Gasteiger partial charge on any atom is 0.315 e. The number of aromatic nitrogens is 1. The van der Waals surface area contributed by atoms with Crippen LogP contribution in [0.5, 0.6) is 11.5 Å². The number of ether oxygens (including phenoxy) is 1. The molecule has 7 nitrogen and oxygen atoms in total. The van der Waals surface area contributed by atoms with Crippen LogP contribution in [-0.4, -0.2) is 22.1 Å². The molecule has 8 heteroatoms. The third kappa shape index (κ3) is 3.05. The van der Waals surface area contributed by atoms with Gasteiger partial charge in [0.15, 0.2) is 5.75 Å². The Morgan fingerprint density at radius 1 is 1.59 bits per heavy atom. The molecular formula is C14H11N3O4S. The summed E-state index contributed by atoms with van der Waals surface area (Å²) >= 11 is 1.31. The van der Waals surface area contributed by atoms with Gasteiger partial charge in [0.25, 0.3) is 0 Å². The highest BCUT2D eigenvalue weighted by molar-refractivity contribution is 7.11. The average molecular weight is 317 g/mol. The molecule has 1 aromatic carbocycles. The first-order valence-corrected chi connectivity index (χ1v) is 6.94. The Bertz CT molecular complexity index is 805. The number of rotatable bonds is 4. The fourth-order valence-corrected chi connectivity index (χ4v) is 2.54. The van der Waals surface area contributed by atoms with E-state index in [9.17, 15) is 20.5 Å². The van der Waals surface area contributed by atoms with E-state index < -0.39 is 16.4 Å². The van der Waals surface area contributed by atoms with Crippen molar-refractivity contribution in [3.05, 3.63) is 43.9 Å². The van der Waals surface area contributed by atoms with Crippen molar-refractivity contribution in [3.63, 3.8) is 0 Å². The van der Waals surface area contributed by atoms with Gasteiger partial charge in [0.05, 0.1) is 17.6 Å². The van der Waals surface area contributed by atoms with Crippen molar-refractivity contribution in [2.75, 3.05) is 7.11 Å². The molecule has 0 aliphatic rings. The van der Waals surface area contributed by atoms with E-state index in [-0.39, 0.29) is 11.3 Å². The van der Waals surface area contributed by atoms with Gasteiger partial charge in [-0.25, -0.2) is 4.98 Å². The number of hydrogen-bond acceptors (Lipinski definition) is 7. The third-order valence-electron chi connectivity index (χ3n) is 2.77. The van der Waals surface area contributed by atoms with E-state index in [4.69, 9.17) is 4.74 Å². The van der Waals surface area contributed by atoms with Gasteiger partial charge < -0.3 is 9.84 Å². The largest absolute Gasteiger partial charge is 0.500 e. The van der Waals surface area contributed by atoms with Crippen LogP contribution in [0.25, 0.3) is 11.6 Å². The molecule has 0 amide bonds. The zero-order valence-corrected chi connectivity index (χ0v) is 12.5. The molecule has 0 unspecified atom stereocenters. The molecule has 2 aromatic rings. The molecule has 0 aliphatic carbocycles. The number of nitrogens with zero attached hydrogens (tertiary/aromatic N) is 3. The maximum atomic E-state index is 11.0. The summed E-state index contributed by atoms with van der Waals surface area (Å²) in [5.41, 5.74) is 0.944. The highest BCUT2D eigenvalue weighted by Gasteiger charge is 2.19. The predicted molar refractivity (Wildman–Crippen MR) is 81.6 cm³/mol. The number of phenols is 1. The summed E-state index contributed by atoms with van der Waals surface area (Å²) in [6.07, 6.45) is 1.47. The number of thiazole rings is 1. The maximum absolute atomic E-state index is 11.0. The fourth-order valence-electron chi connectivity index (χ4n) is 1.78. The second-order valence-corrected chi connectivity index (χ2v) is 5.17. The fraction of sp³-hybridized carbons (Fsp3) is 0.143. The smallest absolute Gasteiger partial charge is 0.315 e. The number of aromatic hydroxyl groups is 1. The van der Waals surface area contributed by atoms with Gasteiger partial charge in [-0.3, -0.25) is 10.1 Å². The summed E-state index contributed by atoms with van der Waals surface area (Å²) in [7, 11) is 1.29. The van der Waals surface area contributed by atoms with Crippen LogP contribution >= 0.6 is 11.3 Å². The highest BCUT2D eigenvalue weighted by atomic mass is 32.1. The third-order valence-corrected chi connectivity index (χ3v) is 3.77. The topological polar surface area (TPSA) is 109 Å². The molecule has 0 atom stereocenters. The van der Waals surface area contributed by atoms with Gasteiger partial charge in [0, 0.05) is 17.1 Å². The number of aryl methyl sites for hydroxylation is 1. The van der Waals surface area contributed by atoms with Crippen molar-refractivity contribution in [1.29, 1.82) is 5.26 Å². The number of hydrogen-bond donors (Lipinski definition) is 1. The molecule has 0 aliphatic heterocycles. The number of allylic oxidation sites excluding steroid dienone is 1. The summed E-state index contributed by atoms with van der Waals surface area (Å²) in [6, 6.07) is 4.61. The van der Waals surface area contributed by atoms with Gasteiger partial charge in [0.2, 0.25) is 5.75 Å². The van der Waals surface area contributed by atoms with Crippen molar-refractivity contribution in [1.82, 2.24) is 4.98 Å². The van der Waals surface area contributed by atoms with Crippen LogP contribution in [0.1, 0.15) is 16.3 Å². The van der Waals surface area contributed by atoms with Crippen LogP contribution < -0.4 is 4.74 Å². The number of benzene rings is 1. The van der Waals surface area contributed by atoms with Crippen molar-refractivity contribution in [2.45, 2.75) is 6.92 Å². The van der Waals surface area contributed by atoms with Crippen LogP contribution in [0, 0.1) is 28.4 Å². The molecule has 0 fully saturated rings. The first-order valence-electron chi connectivity index (χ1n) is 6.06. The first-order chi connectivity index (χ1) is 10.5. The zero-order valence-electron chi connectivity index (χ0n) is 11.7. The number of phenolic OH excluding ortho intramolecular Hbond substituents is 1. The second kappa shape index (κ2) is 6.24. The first kappa shape index (κ1) is 15.5. The number of nitriles is 1. The summed E-state index contributed by atoms with van der Waals surface area (Å²) in [6.45, 7) is 1.81. The van der Waals surface area contributed by atoms with Crippen molar-refractivity contribution in [2.24, 2.45) is 0 Å². The Kier molecular flexibility index (Phi) is 4.39. The minimum Gasteiger partial charge on any atom is -0.500 e. The van der Waals surface area contributed by atoms with E-state index in [1.165, 1.54) is 36.7 Å². The van der Waals surface area contributed by atoms with Gasteiger partial charge in [-0.05, 0) is 24.6 Å². The van der Waals surface area contributed by atoms with Crippen molar-refractivity contribution in [3.8, 4) is 17.6 Å². The van der Waals surface area contributed by atoms with E-state index in [1.807, 2.05) is 13.0 Å². The molecular weight excluding hydrogens is 306 g/mol. The zero-order chi connectivity index (χ0) is 16.3. The van der Waals surface area contributed by atoms with Gasteiger partial charge >= 0.3 is 5.69 Å². The minimum atomic E-state index is -0.714. The van der Waals surface area contributed by atoms with E-state index in [1.54, 1.807) is 5.38 Å². The highest BCUT2D eigenvalue weighted by Crippen LogP contribution is 2.37. The van der Waals surface area contributed by atoms with Crippen LogP contribution in [-0.2, 0) is 0 Å². The SMILES string of the molecule is COc1cc(/C=C(\C#N)c2nc(C)cs2)cc([N+](=O)[O-])c1O. The molecule has 0 radical (unpaired) electrons. The van der Waals surface area contributed by atoms with Crippen molar-refractivity contribution >= 4 is 28.7 Å². The molecule has 0 bridgehead atoms. The van der Waals surface area contributed by atoms with E-state index in [0.29, 0.717) is 10.6 Å². The molecule has 1 aromatic heterocycles. The van der Waals surface area contributed by atoms with Gasteiger partial charge in [-0.15, -0.1) is 11.3 Å². The minimum absolute atomic E-state index is 0.0342. The van der Waals surface area contributed by atoms with Crippen LogP contribution in [0.15, 0.2) is 17.5 Å². The van der Waals surface area contributed by atoms with Gasteiger partial charge in [-0.1, -0.05) is 0 Å². The lowest BCUT2D eigenvalue weighted by molar-refractivity contribution is -0.386. The summed E-state index contributed by atoms with van der Waals surface area (Å²) in [4.78, 5) is 14.5. The number of methoxy groups -OCH3 is 1. The van der Waals surface area contributed by atoms with E-state index >= 15 is 0 Å². The lowest BCUT2D eigenvalue weighted by atomic mass is 10.1. The van der Waals surface area contributed by atoms with Crippen LogP contribution in [0.2, 0.25) is 0 Å². The van der Waals surface area contributed by atoms with E-state index in [0.717, 1.165) is 5.69 Å². The molecule has 1 N–H and O–H groups in total. The summed E-state index contributed by atoms with van der Waals surface area (Å²) in [5.74, 6) is -0.582. The van der Waals surface area contributed by atoms with Gasteiger partial charge in [0.1, 0.15) is 11.1 Å². The van der Waals surface area contributed by atoms with Crippen LogP contribution in [0.3, 0.4) is 0 Å². The monoisotopic (exact) mass is 317 g/mol. The Hall–Kier alpha value is -2.92. The lowest BCUT2D eigenvalue weighted by Crippen LogP contribution is -1.93. The molecule has 112 valence electrons. The summed E-state index contributed by atoms with van der Waals surface area (Å²) < 4.78 is 4.92. The quantitative estimate of drug-likeness (QED) is 0.527. The van der Waals surface area contributed by atoms with Gasteiger partial charge in [-0.2, -0.15) is 5.26 Å². The predicted octanol–water partition coefficient (Wildman–Crippen LogP) is 3.14. The molecule has 1 heterocycles. The average Bonchev–Trinajstić information content (AvgIpc) is 2.92. The van der Waals surface area contributed by atoms with Crippen molar-refractivity contribution < 1.29 is 14.8 Å². The molecule has 0 saturated carbocycles. The summed E-state index contributed by atoms with van der Waals surface area (Å²) in [5, 5.41) is 32.3. The Morgan fingerprint density at radius 2 is 2.32 bits per heavy atom. The number of nitro benzene ring substituents is 1. The Labute approximate surface area is 129 Å². The van der Waals surface area contributed by atoms with E-state index in [2.05, 4.69) is 4.98 Å². The molecule has 2 rings (SSSR count). The number of nitro groups is 1. The normalized spacial score (nSPS) is 11.0. The molecule has 0 saturated heterocycles. The molecule has 22 heavy (non-hydrogen) atoms. The Morgan fingerprint density at radius 3 is 2.82 bits per heavy atom. The Balaban J connectivity index is 2.56.